The van der Waals surface area contributed by atoms with Gasteiger partial charge in [0.25, 0.3) is 0 Å². The van der Waals surface area contributed by atoms with Crippen LogP contribution in [0.4, 0.5) is 10.1 Å². The van der Waals surface area contributed by atoms with Crippen molar-refractivity contribution in [3.63, 3.8) is 0 Å². The van der Waals surface area contributed by atoms with Crippen LogP contribution in [-0.4, -0.2) is 51.5 Å². The van der Waals surface area contributed by atoms with Crippen LogP contribution in [0.15, 0.2) is 59.1 Å². The number of aromatic nitrogens is 1. The van der Waals surface area contributed by atoms with Crippen molar-refractivity contribution < 1.29 is 28.7 Å². The molecule has 34 heavy (non-hydrogen) atoms. The zero-order chi connectivity index (χ0) is 24.1. The summed E-state index contributed by atoms with van der Waals surface area (Å²) in [7, 11) is 0. The molecule has 3 aromatic rings. The Labute approximate surface area is 195 Å². The first-order valence-corrected chi connectivity index (χ1v) is 11.2. The van der Waals surface area contributed by atoms with Crippen molar-refractivity contribution in [2.45, 2.75) is 37.8 Å². The van der Waals surface area contributed by atoms with E-state index in [9.17, 15) is 14.0 Å². The average molecular weight is 467 g/mol. The zero-order valence-corrected chi connectivity index (χ0v) is 18.5. The molecule has 2 aliphatic rings. The van der Waals surface area contributed by atoms with E-state index < -0.39 is 11.9 Å². The third kappa shape index (κ3) is 5.60. The number of nitrogens with zero attached hydrogens (tertiary/aromatic N) is 2. The first kappa shape index (κ1) is 23.4. The number of carbonyl (C=O) groups is 2. The lowest BCUT2D eigenvalue weighted by Crippen LogP contribution is -2.46. The molecule has 2 aromatic carbocycles. The van der Waals surface area contributed by atoms with Crippen molar-refractivity contribution in [1.29, 1.82) is 0 Å². The lowest BCUT2D eigenvalue weighted by atomic mass is 9.90. The van der Waals surface area contributed by atoms with E-state index in [2.05, 4.69) is 39.6 Å². The maximum Gasteiger partial charge on any atom is 0.328 e. The van der Waals surface area contributed by atoms with Gasteiger partial charge in [-0.2, -0.15) is 0 Å². The number of nitrogens with one attached hydrogen (secondary N) is 1. The molecular weight excluding hydrogens is 441 g/mol. The Morgan fingerprint density at radius 1 is 1.06 bits per heavy atom. The number of hydrogen-bond donors (Lipinski definition) is 3. The monoisotopic (exact) mass is 467 g/mol. The highest BCUT2D eigenvalue weighted by atomic mass is 19.1. The summed E-state index contributed by atoms with van der Waals surface area (Å²) in [4.78, 5) is 21.7. The summed E-state index contributed by atoms with van der Waals surface area (Å²) in [6.45, 7) is 2.08. The second-order valence-electron chi connectivity index (χ2n) is 8.38. The summed E-state index contributed by atoms with van der Waals surface area (Å²) in [6, 6.07) is 13.3. The number of para-hydroxylation sites is 1. The molecule has 178 valence electrons. The number of anilines is 1. The second-order valence-corrected chi connectivity index (χ2v) is 8.38. The number of aryl methyl sites for hydroxylation is 1. The summed E-state index contributed by atoms with van der Waals surface area (Å²) in [5, 5.41) is 24.5. The highest BCUT2D eigenvalue weighted by Crippen LogP contribution is 2.34. The van der Waals surface area contributed by atoms with E-state index in [1.54, 1.807) is 6.07 Å². The van der Waals surface area contributed by atoms with Gasteiger partial charge in [-0.3, -0.25) is 4.90 Å². The van der Waals surface area contributed by atoms with E-state index in [4.69, 9.17) is 14.7 Å². The van der Waals surface area contributed by atoms with Gasteiger partial charge >= 0.3 is 11.9 Å². The summed E-state index contributed by atoms with van der Waals surface area (Å²) >= 11 is 0. The van der Waals surface area contributed by atoms with E-state index in [0.717, 1.165) is 49.9 Å². The molecule has 0 aliphatic carbocycles. The van der Waals surface area contributed by atoms with Gasteiger partial charge in [-0.1, -0.05) is 23.4 Å². The van der Waals surface area contributed by atoms with Crippen molar-refractivity contribution in [3.8, 4) is 0 Å². The van der Waals surface area contributed by atoms with Gasteiger partial charge in [-0.25, -0.2) is 14.0 Å². The van der Waals surface area contributed by atoms with Crippen molar-refractivity contribution in [2.75, 3.05) is 18.4 Å². The number of aliphatic carboxylic acids is 2. The molecule has 3 heterocycles. The fraction of sp³-hybridized carbons (Fsp3) is 0.320. The topological polar surface area (TPSA) is 116 Å². The summed E-state index contributed by atoms with van der Waals surface area (Å²) in [6.07, 6.45) is 5.91. The molecule has 1 unspecified atom stereocenters. The van der Waals surface area contributed by atoms with Crippen LogP contribution in [0.3, 0.4) is 0 Å². The SMILES string of the molecule is Fc1ccc2c(C3CCN(C4CCc5ccccc5N4)CC3)noc2c1.O=C(O)/C=C/C(=O)O. The number of benzene rings is 2. The van der Waals surface area contributed by atoms with Gasteiger partial charge in [0, 0.05) is 48.3 Å². The summed E-state index contributed by atoms with van der Waals surface area (Å²) in [5.74, 6) is -2.41. The highest BCUT2D eigenvalue weighted by Gasteiger charge is 2.30. The molecule has 1 saturated heterocycles. The van der Waals surface area contributed by atoms with Crippen LogP contribution in [0.1, 0.15) is 36.4 Å². The van der Waals surface area contributed by atoms with Crippen LogP contribution in [0.25, 0.3) is 11.0 Å². The Hall–Kier alpha value is -3.72. The fourth-order valence-electron chi connectivity index (χ4n) is 4.55. The van der Waals surface area contributed by atoms with Gasteiger partial charge in [0.05, 0.1) is 11.9 Å². The lowest BCUT2D eigenvalue weighted by Gasteiger charge is -2.40. The molecule has 1 atom stereocenters. The summed E-state index contributed by atoms with van der Waals surface area (Å²) < 4.78 is 18.7. The van der Waals surface area contributed by atoms with Crippen LogP contribution in [-0.2, 0) is 16.0 Å². The van der Waals surface area contributed by atoms with E-state index in [0.29, 0.717) is 29.8 Å². The largest absolute Gasteiger partial charge is 0.478 e. The van der Waals surface area contributed by atoms with Gasteiger partial charge in [-0.05, 0) is 49.4 Å². The van der Waals surface area contributed by atoms with Gasteiger partial charge in [0.2, 0.25) is 0 Å². The molecule has 1 fully saturated rings. The molecule has 8 nitrogen and oxygen atoms in total. The Bertz CT molecular complexity index is 1180. The quantitative estimate of drug-likeness (QED) is 0.488. The Balaban J connectivity index is 0.000000297. The lowest BCUT2D eigenvalue weighted by molar-refractivity contribution is -0.134. The van der Waals surface area contributed by atoms with E-state index in [1.165, 1.54) is 23.4 Å². The number of rotatable bonds is 4. The maximum atomic E-state index is 13.3. The average Bonchev–Trinajstić information content (AvgIpc) is 3.26. The number of carboxylic acid groups (broad SMARTS) is 2. The molecule has 1 aromatic heterocycles. The Morgan fingerprint density at radius 3 is 2.47 bits per heavy atom. The molecule has 0 amide bonds. The first-order chi connectivity index (χ1) is 16.4. The number of halogens is 1. The van der Waals surface area contributed by atoms with Crippen molar-refractivity contribution >= 4 is 28.6 Å². The zero-order valence-electron chi connectivity index (χ0n) is 18.5. The van der Waals surface area contributed by atoms with Crippen molar-refractivity contribution in [2.24, 2.45) is 0 Å². The summed E-state index contributed by atoms with van der Waals surface area (Å²) in [5.41, 5.74) is 4.23. The number of piperidine rings is 1. The smallest absolute Gasteiger partial charge is 0.328 e. The first-order valence-electron chi connectivity index (χ1n) is 11.2. The molecule has 0 radical (unpaired) electrons. The molecule has 0 spiro atoms. The van der Waals surface area contributed by atoms with Crippen LogP contribution in [0.2, 0.25) is 0 Å². The van der Waals surface area contributed by atoms with Crippen molar-refractivity contribution in [3.05, 3.63) is 71.7 Å². The molecule has 9 heteroatoms. The van der Waals surface area contributed by atoms with Crippen LogP contribution >= 0.6 is 0 Å². The van der Waals surface area contributed by atoms with Gasteiger partial charge < -0.3 is 20.1 Å². The predicted molar refractivity (Wildman–Crippen MR) is 124 cm³/mol. The minimum absolute atomic E-state index is 0.279. The minimum Gasteiger partial charge on any atom is -0.478 e. The van der Waals surface area contributed by atoms with Gasteiger partial charge in [0.1, 0.15) is 5.82 Å². The van der Waals surface area contributed by atoms with E-state index in [1.807, 2.05) is 0 Å². The maximum absolute atomic E-state index is 13.3. The normalized spacial score (nSPS) is 18.7. The molecule has 3 N–H and O–H groups in total. The third-order valence-corrected chi connectivity index (χ3v) is 6.21. The van der Waals surface area contributed by atoms with Crippen molar-refractivity contribution in [1.82, 2.24) is 10.1 Å². The Kier molecular flexibility index (Phi) is 7.22. The number of likely N-dealkylation sites (tertiary alicyclic amines) is 1. The third-order valence-electron chi connectivity index (χ3n) is 6.21. The standard InChI is InChI=1S/C21H22FN3O.C4H4O4/c22-16-6-7-17-19(13-16)26-24-21(17)15-9-11-25(12-10-15)20-8-5-14-3-1-2-4-18(14)23-20;5-3(6)1-2-4(7)8/h1-4,6-7,13,15,20,23H,5,8-12H2;1-2H,(H,5,6)(H,7,8)/b;2-1+. The van der Waals surface area contributed by atoms with Gasteiger partial charge in [-0.15, -0.1) is 0 Å². The number of fused-ring (bicyclic) bond motifs is 2. The fourth-order valence-corrected chi connectivity index (χ4v) is 4.55. The second kappa shape index (κ2) is 10.5. The predicted octanol–water partition coefficient (Wildman–Crippen LogP) is 4.24. The van der Waals surface area contributed by atoms with Gasteiger partial charge in [0.15, 0.2) is 5.58 Å². The van der Waals surface area contributed by atoms with E-state index >= 15 is 0 Å². The number of carboxylic acids is 2. The number of hydrogen-bond acceptors (Lipinski definition) is 6. The van der Waals surface area contributed by atoms with Crippen LogP contribution < -0.4 is 5.32 Å². The molecule has 2 aliphatic heterocycles. The molecule has 0 bridgehead atoms. The highest BCUT2D eigenvalue weighted by molar-refractivity contribution is 5.89. The molecule has 0 saturated carbocycles. The minimum atomic E-state index is -1.26. The van der Waals surface area contributed by atoms with E-state index in [-0.39, 0.29) is 5.82 Å². The van der Waals surface area contributed by atoms with Crippen LogP contribution in [0.5, 0.6) is 0 Å². The Morgan fingerprint density at radius 2 is 1.76 bits per heavy atom. The van der Waals surface area contributed by atoms with Crippen LogP contribution in [0, 0.1) is 5.82 Å². The molecule has 5 rings (SSSR count). The molecular formula is C25H26FN3O5.